The third kappa shape index (κ3) is 4.59. The van der Waals surface area contributed by atoms with Gasteiger partial charge in [-0.05, 0) is 17.2 Å². The van der Waals surface area contributed by atoms with E-state index in [2.05, 4.69) is 0 Å². The molecular weight excluding hydrogens is 220 g/mol. The van der Waals surface area contributed by atoms with Crippen molar-refractivity contribution in [2.24, 2.45) is 0 Å². The van der Waals surface area contributed by atoms with Crippen LogP contribution < -0.4 is 0 Å². The van der Waals surface area contributed by atoms with Crippen molar-refractivity contribution in [1.82, 2.24) is 0 Å². The number of aliphatic hydroxyl groups is 1. The van der Waals surface area contributed by atoms with E-state index >= 15 is 0 Å². The maximum Gasteiger partial charge on any atom is 0.394 e. The minimum Gasteiger partial charge on any atom is -0.512 e. The van der Waals surface area contributed by atoms with Gasteiger partial charge in [-0.2, -0.15) is 8.42 Å². The van der Waals surface area contributed by atoms with Crippen LogP contribution in [0.5, 0.6) is 0 Å². The summed E-state index contributed by atoms with van der Waals surface area (Å²) >= 11 is 0. The topological polar surface area (TPSA) is 94.8 Å². The normalized spacial score (nSPS) is 13.6. The first-order valence-electron chi connectivity index (χ1n) is 4.03. The average Bonchev–Trinajstić information content (AvgIpc) is 2.40. The molecule has 3 N–H and O–H groups in total. The summed E-state index contributed by atoms with van der Waals surface area (Å²) in [5, 5.41) is 9.11. The minimum absolute atomic E-state index is 0.473. The molecule has 0 spiro atoms. The van der Waals surface area contributed by atoms with Crippen LogP contribution in [0, 0.1) is 0 Å². The molecule has 1 aliphatic rings. The predicted octanol–water partition coefficient (Wildman–Crippen LogP) is 1.49. The third-order valence-electron chi connectivity index (χ3n) is 1.75. The largest absolute Gasteiger partial charge is 0.512 e. The quantitative estimate of drug-likeness (QED) is 0.587. The molecule has 15 heavy (non-hydrogen) atoms. The van der Waals surface area contributed by atoms with Gasteiger partial charge in [0.25, 0.3) is 0 Å². The molecule has 1 aromatic rings. The van der Waals surface area contributed by atoms with Crippen molar-refractivity contribution in [3.8, 4) is 0 Å². The second-order valence-electron chi connectivity index (χ2n) is 2.96. The number of rotatable bonds is 0. The summed E-state index contributed by atoms with van der Waals surface area (Å²) in [5.74, 6) is 0.473. The van der Waals surface area contributed by atoms with Crippen LogP contribution in [0.2, 0.25) is 0 Å². The van der Waals surface area contributed by atoms with Gasteiger partial charge in [0.05, 0.1) is 5.76 Å². The highest BCUT2D eigenvalue weighted by Gasteiger charge is 2.08. The summed E-state index contributed by atoms with van der Waals surface area (Å²) in [6.07, 6.45) is 2.52. The number of fused-ring (bicyclic) bond motifs is 1. The van der Waals surface area contributed by atoms with Gasteiger partial charge >= 0.3 is 10.4 Å². The SMILES string of the molecule is O=S(=O)(O)O.OC1=Cc2ccccc2C1. The fourth-order valence-electron chi connectivity index (χ4n) is 1.26. The van der Waals surface area contributed by atoms with Crippen LogP contribution in [-0.4, -0.2) is 22.6 Å². The zero-order valence-electron chi connectivity index (χ0n) is 7.66. The van der Waals surface area contributed by atoms with Gasteiger partial charge in [-0.1, -0.05) is 24.3 Å². The molecule has 0 amide bonds. The summed E-state index contributed by atoms with van der Waals surface area (Å²) in [7, 11) is -4.67. The van der Waals surface area contributed by atoms with Crippen LogP contribution in [-0.2, 0) is 16.8 Å². The Morgan fingerprint density at radius 2 is 1.67 bits per heavy atom. The lowest BCUT2D eigenvalue weighted by atomic mass is 10.1. The monoisotopic (exact) mass is 230 g/mol. The average molecular weight is 230 g/mol. The first-order valence-corrected chi connectivity index (χ1v) is 5.43. The Labute approximate surface area is 87.3 Å². The lowest BCUT2D eigenvalue weighted by molar-refractivity contribution is 0.381. The molecule has 0 bridgehead atoms. The van der Waals surface area contributed by atoms with Crippen LogP contribution >= 0.6 is 0 Å². The molecule has 1 aromatic carbocycles. The van der Waals surface area contributed by atoms with Crippen molar-refractivity contribution in [1.29, 1.82) is 0 Å². The molecule has 0 atom stereocenters. The van der Waals surface area contributed by atoms with Crippen LogP contribution in [0.3, 0.4) is 0 Å². The highest BCUT2D eigenvalue weighted by Crippen LogP contribution is 2.22. The maximum atomic E-state index is 9.11. The molecule has 0 fully saturated rings. The molecule has 1 aliphatic carbocycles. The Bertz CT molecular complexity index is 467. The molecule has 0 unspecified atom stereocenters. The molecule has 0 heterocycles. The molecule has 2 rings (SSSR count). The van der Waals surface area contributed by atoms with E-state index in [4.69, 9.17) is 22.6 Å². The lowest BCUT2D eigenvalue weighted by Crippen LogP contribution is -1.89. The number of benzene rings is 1. The van der Waals surface area contributed by atoms with Crippen molar-refractivity contribution in [3.63, 3.8) is 0 Å². The van der Waals surface area contributed by atoms with E-state index < -0.39 is 10.4 Å². The molecule has 6 heteroatoms. The van der Waals surface area contributed by atoms with E-state index in [1.165, 1.54) is 5.56 Å². The maximum absolute atomic E-state index is 9.11. The van der Waals surface area contributed by atoms with Gasteiger partial charge in [-0.15, -0.1) is 0 Å². The first kappa shape index (κ1) is 11.7. The molecule has 0 saturated heterocycles. The van der Waals surface area contributed by atoms with Crippen molar-refractivity contribution in [2.75, 3.05) is 0 Å². The van der Waals surface area contributed by atoms with E-state index in [1.54, 1.807) is 0 Å². The summed E-state index contributed by atoms with van der Waals surface area (Å²) in [6, 6.07) is 8.02. The van der Waals surface area contributed by atoms with Gasteiger partial charge in [-0.3, -0.25) is 9.11 Å². The van der Waals surface area contributed by atoms with Crippen molar-refractivity contribution in [3.05, 3.63) is 41.2 Å². The fourth-order valence-corrected chi connectivity index (χ4v) is 1.26. The Kier molecular flexibility index (Phi) is 3.46. The molecular formula is C9H10O5S. The third-order valence-corrected chi connectivity index (χ3v) is 1.75. The molecule has 82 valence electrons. The van der Waals surface area contributed by atoms with E-state index in [0.29, 0.717) is 12.2 Å². The number of allylic oxidation sites excluding steroid dienone is 1. The van der Waals surface area contributed by atoms with Crippen LogP contribution in [0.25, 0.3) is 6.08 Å². The minimum atomic E-state index is -4.67. The fraction of sp³-hybridized carbons (Fsp3) is 0.111. The highest BCUT2D eigenvalue weighted by molar-refractivity contribution is 7.79. The van der Waals surface area contributed by atoms with Gasteiger partial charge in [0.1, 0.15) is 0 Å². The van der Waals surface area contributed by atoms with E-state index in [-0.39, 0.29) is 0 Å². The highest BCUT2D eigenvalue weighted by atomic mass is 32.3. The van der Waals surface area contributed by atoms with Gasteiger partial charge < -0.3 is 5.11 Å². The van der Waals surface area contributed by atoms with Gasteiger partial charge in [0.2, 0.25) is 0 Å². The zero-order valence-corrected chi connectivity index (χ0v) is 8.48. The smallest absolute Gasteiger partial charge is 0.394 e. The number of hydrogen-bond donors (Lipinski definition) is 3. The molecule has 0 radical (unpaired) electrons. The Morgan fingerprint density at radius 3 is 2.20 bits per heavy atom. The zero-order chi connectivity index (χ0) is 11.5. The van der Waals surface area contributed by atoms with Crippen molar-refractivity contribution >= 4 is 16.5 Å². The summed E-state index contributed by atoms with van der Waals surface area (Å²) < 4.78 is 31.6. The standard InChI is InChI=1S/C9H8O.H2O4S/c10-9-5-7-3-1-2-4-8(7)6-9;1-5(2,3)4/h1-5,10H,6H2;(H2,1,2,3,4). The lowest BCUT2D eigenvalue weighted by Gasteiger charge is -1.93. The Hall–Kier alpha value is -1.37. The Morgan fingerprint density at radius 1 is 1.13 bits per heavy atom. The summed E-state index contributed by atoms with van der Waals surface area (Å²) in [6.45, 7) is 0. The van der Waals surface area contributed by atoms with Crippen LogP contribution in [0.4, 0.5) is 0 Å². The summed E-state index contributed by atoms with van der Waals surface area (Å²) in [5.41, 5.74) is 2.38. The number of aliphatic hydroxyl groups excluding tert-OH is 1. The van der Waals surface area contributed by atoms with Gasteiger partial charge in [-0.25, -0.2) is 0 Å². The molecule has 5 nitrogen and oxygen atoms in total. The van der Waals surface area contributed by atoms with Crippen molar-refractivity contribution in [2.45, 2.75) is 6.42 Å². The van der Waals surface area contributed by atoms with E-state index in [9.17, 15) is 0 Å². The Balaban J connectivity index is 0.000000195. The summed E-state index contributed by atoms with van der Waals surface area (Å²) in [4.78, 5) is 0. The molecule has 0 aromatic heterocycles. The first-order chi connectivity index (χ1) is 6.86. The van der Waals surface area contributed by atoms with E-state index in [1.807, 2.05) is 30.3 Å². The van der Waals surface area contributed by atoms with Crippen LogP contribution in [0.15, 0.2) is 30.0 Å². The second-order valence-corrected chi connectivity index (χ2v) is 3.85. The van der Waals surface area contributed by atoms with Gasteiger partial charge in [0.15, 0.2) is 0 Å². The number of hydrogen-bond acceptors (Lipinski definition) is 3. The van der Waals surface area contributed by atoms with Crippen molar-refractivity contribution < 1.29 is 22.6 Å². The predicted molar refractivity (Wildman–Crippen MR) is 54.9 cm³/mol. The molecule has 0 aliphatic heterocycles. The van der Waals surface area contributed by atoms with Crippen LogP contribution in [0.1, 0.15) is 11.1 Å². The van der Waals surface area contributed by atoms with E-state index in [0.717, 1.165) is 5.56 Å². The van der Waals surface area contributed by atoms with Gasteiger partial charge in [0, 0.05) is 6.42 Å². The second kappa shape index (κ2) is 4.43. The molecule has 0 saturated carbocycles.